The maximum absolute atomic E-state index is 12.0. The summed E-state index contributed by atoms with van der Waals surface area (Å²) in [6, 6.07) is 1.44. The molecule has 18 heavy (non-hydrogen) atoms. The highest BCUT2D eigenvalue weighted by atomic mass is 32.2. The van der Waals surface area contributed by atoms with Crippen molar-refractivity contribution in [2.24, 2.45) is 5.92 Å². The van der Waals surface area contributed by atoms with Gasteiger partial charge in [0.1, 0.15) is 0 Å². The maximum atomic E-state index is 12.0. The fourth-order valence-corrected chi connectivity index (χ4v) is 3.97. The highest BCUT2D eigenvalue weighted by Gasteiger charge is 2.18. The number of sulfonamides is 1. The Hall–Kier alpha value is -0.430. The molecule has 0 saturated heterocycles. The molecule has 0 amide bonds. The van der Waals surface area contributed by atoms with E-state index >= 15 is 0 Å². The van der Waals surface area contributed by atoms with Crippen molar-refractivity contribution >= 4 is 21.4 Å². The molecule has 1 unspecified atom stereocenters. The maximum Gasteiger partial charge on any atom is 0.241 e. The number of nitrogens with one attached hydrogen (secondary N) is 1. The first kappa shape index (κ1) is 15.6. The van der Waals surface area contributed by atoms with Crippen LogP contribution >= 0.6 is 11.3 Å². The van der Waals surface area contributed by atoms with Crippen LogP contribution in [0.3, 0.4) is 0 Å². The predicted octanol–water partition coefficient (Wildman–Crippen LogP) is 2.34. The van der Waals surface area contributed by atoms with Gasteiger partial charge in [0.15, 0.2) is 0 Å². The summed E-state index contributed by atoms with van der Waals surface area (Å²) in [5.41, 5.74) is 0. The second-order valence-corrected chi connectivity index (χ2v) is 7.61. The van der Waals surface area contributed by atoms with E-state index in [4.69, 9.17) is 5.11 Å². The summed E-state index contributed by atoms with van der Waals surface area (Å²) in [6.07, 6.45) is 1.82. The number of aliphatic hydroxyl groups excluding tert-OH is 1. The third kappa shape index (κ3) is 4.68. The lowest BCUT2D eigenvalue weighted by molar-refractivity contribution is 0.285. The van der Waals surface area contributed by atoms with Crippen molar-refractivity contribution in [2.75, 3.05) is 0 Å². The van der Waals surface area contributed by atoms with Crippen LogP contribution in [0.15, 0.2) is 16.3 Å². The highest BCUT2D eigenvalue weighted by molar-refractivity contribution is 7.89. The van der Waals surface area contributed by atoms with Gasteiger partial charge in [-0.1, -0.05) is 13.8 Å². The van der Waals surface area contributed by atoms with E-state index in [1.807, 2.05) is 6.92 Å². The first-order valence-corrected chi connectivity index (χ1v) is 8.42. The average Bonchev–Trinajstić information content (AvgIpc) is 2.75. The van der Waals surface area contributed by atoms with Crippen LogP contribution in [0, 0.1) is 5.92 Å². The van der Waals surface area contributed by atoms with Crippen LogP contribution in [0.25, 0.3) is 0 Å². The lowest BCUT2D eigenvalue weighted by Gasteiger charge is -2.14. The Morgan fingerprint density at radius 3 is 2.50 bits per heavy atom. The molecule has 104 valence electrons. The standard InChI is InChI=1S/C12H21NO3S2/c1-9(2)4-5-10(3)13-18(15,16)12-6-11(7-14)17-8-12/h6,8-10,13-14H,4-5,7H2,1-3H3. The van der Waals surface area contributed by atoms with E-state index < -0.39 is 10.0 Å². The monoisotopic (exact) mass is 291 g/mol. The number of hydrogen-bond acceptors (Lipinski definition) is 4. The minimum absolute atomic E-state index is 0.0742. The molecule has 0 aromatic carbocycles. The molecule has 1 aromatic rings. The minimum Gasteiger partial charge on any atom is -0.391 e. The summed E-state index contributed by atoms with van der Waals surface area (Å²) in [7, 11) is -3.45. The number of rotatable bonds is 7. The normalized spacial score (nSPS) is 14.1. The topological polar surface area (TPSA) is 66.4 Å². The van der Waals surface area contributed by atoms with Gasteiger partial charge >= 0.3 is 0 Å². The van der Waals surface area contributed by atoms with Gasteiger partial charge in [0, 0.05) is 16.3 Å². The SMILES string of the molecule is CC(C)CCC(C)NS(=O)(=O)c1csc(CO)c1. The van der Waals surface area contributed by atoms with Crippen LogP contribution in [-0.2, 0) is 16.6 Å². The number of aliphatic hydroxyl groups is 1. The summed E-state index contributed by atoms with van der Waals surface area (Å²) < 4.78 is 26.7. The molecule has 0 aliphatic rings. The zero-order valence-corrected chi connectivity index (χ0v) is 12.6. The molecule has 0 aliphatic carbocycles. The fourth-order valence-electron chi connectivity index (χ4n) is 1.56. The van der Waals surface area contributed by atoms with E-state index in [0.717, 1.165) is 12.8 Å². The molecule has 1 aromatic heterocycles. The molecule has 0 saturated carbocycles. The van der Waals surface area contributed by atoms with Gasteiger partial charge in [-0.05, 0) is 31.7 Å². The molecule has 1 atom stereocenters. The van der Waals surface area contributed by atoms with Crippen molar-refractivity contribution < 1.29 is 13.5 Å². The van der Waals surface area contributed by atoms with Crippen LogP contribution in [0.4, 0.5) is 0 Å². The third-order valence-corrected chi connectivity index (χ3v) is 5.27. The van der Waals surface area contributed by atoms with E-state index in [2.05, 4.69) is 18.6 Å². The quantitative estimate of drug-likeness (QED) is 0.810. The second kappa shape index (κ2) is 6.65. The van der Waals surface area contributed by atoms with Crippen molar-refractivity contribution in [3.8, 4) is 0 Å². The van der Waals surface area contributed by atoms with Gasteiger partial charge in [-0.3, -0.25) is 0 Å². The van der Waals surface area contributed by atoms with Gasteiger partial charge in [-0.2, -0.15) is 0 Å². The van der Waals surface area contributed by atoms with Crippen LogP contribution in [0.1, 0.15) is 38.5 Å². The zero-order valence-electron chi connectivity index (χ0n) is 11.0. The smallest absolute Gasteiger partial charge is 0.241 e. The summed E-state index contributed by atoms with van der Waals surface area (Å²) >= 11 is 1.25. The predicted molar refractivity (Wildman–Crippen MR) is 74.1 cm³/mol. The fraction of sp³-hybridized carbons (Fsp3) is 0.667. The Bertz CT molecular complexity index is 465. The lowest BCUT2D eigenvalue weighted by Crippen LogP contribution is -2.32. The molecule has 0 radical (unpaired) electrons. The molecular weight excluding hydrogens is 270 g/mol. The van der Waals surface area contributed by atoms with Crippen LogP contribution in [0.5, 0.6) is 0 Å². The second-order valence-electron chi connectivity index (χ2n) is 4.90. The molecule has 0 aliphatic heterocycles. The molecule has 1 rings (SSSR count). The first-order chi connectivity index (χ1) is 8.35. The number of hydrogen-bond donors (Lipinski definition) is 2. The molecular formula is C12H21NO3S2. The Labute approximate surface area is 113 Å². The van der Waals surface area contributed by atoms with Gasteiger partial charge in [0.2, 0.25) is 10.0 Å². The van der Waals surface area contributed by atoms with Crippen LogP contribution in [0.2, 0.25) is 0 Å². The van der Waals surface area contributed by atoms with E-state index in [1.165, 1.54) is 17.4 Å². The molecule has 6 heteroatoms. The average molecular weight is 291 g/mol. The molecule has 4 nitrogen and oxygen atoms in total. The Kier molecular flexibility index (Phi) is 5.78. The van der Waals surface area contributed by atoms with E-state index in [-0.39, 0.29) is 17.5 Å². The molecule has 1 heterocycles. The van der Waals surface area contributed by atoms with Gasteiger partial charge in [-0.25, -0.2) is 13.1 Å². The lowest BCUT2D eigenvalue weighted by atomic mass is 10.1. The van der Waals surface area contributed by atoms with Gasteiger partial charge in [0.05, 0.1) is 11.5 Å². The van der Waals surface area contributed by atoms with E-state index in [9.17, 15) is 8.42 Å². The van der Waals surface area contributed by atoms with E-state index in [1.54, 1.807) is 5.38 Å². The summed E-state index contributed by atoms with van der Waals surface area (Å²) in [5.74, 6) is 0.569. The van der Waals surface area contributed by atoms with Crippen molar-refractivity contribution in [3.63, 3.8) is 0 Å². The molecule has 2 N–H and O–H groups in total. The van der Waals surface area contributed by atoms with Crippen molar-refractivity contribution in [3.05, 3.63) is 16.3 Å². The molecule has 0 fully saturated rings. The Morgan fingerprint density at radius 2 is 2.00 bits per heavy atom. The first-order valence-electron chi connectivity index (χ1n) is 6.05. The van der Waals surface area contributed by atoms with Crippen LogP contribution < -0.4 is 4.72 Å². The highest BCUT2D eigenvalue weighted by Crippen LogP contribution is 2.19. The third-order valence-electron chi connectivity index (χ3n) is 2.63. The van der Waals surface area contributed by atoms with Gasteiger partial charge < -0.3 is 5.11 Å². The summed E-state index contributed by atoms with van der Waals surface area (Å²) in [4.78, 5) is 0.901. The Morgan fingerprint density at radius 1 is 1.33 bits per heavy atom. The molecule has 0 spiro atoms. The van der Waals surface area contributed by atoms with Crippen LogP contribution in [-0.4, -0.2) is 19.6 Å². The minimum atomic E-state index is -3.45. The zero-order chi connectivity index (χ0) is 13.8. The Balaban J connectivity index is 2.64. The summed E-state index contributed by atoms with van der Waals surface area (Å²) in [5, 5.41) is 10.5. The molecule has 0 bridgehead atoms. The van der Waals surface area contributed by atoms with Crippen molar-refractivity contribution in [1.29, 1.82) is 0 Å². The van der Waals surface area contributed by atoms with Gasteiger partial charge in [0.25, 0.3) is 0 Å². The van der Waals surface area contributed by atoms with Crippen molar-refractivity contribution in [2.45, 2.75) is 51.2 Å². The van der Waals surface area contributed by atoms with E-state index in [0.29, 0.717) is 10.8 Å². The summed E-state index contributed by atoms with van der Waals surface area (Å²) in [6.45, 7) is 5.99. The number of thiophene rings is 1. The largest absolute Gasteiger partial charge is 0.391 e. The van der Waals surface area contributed by atoms with Crippen molar-refractivity contribution in [1.82, 2.24) is 4.72 Å². The van der Waals surface area contributed by atoms with Gasteiger partial charge in [-0.15, -0.1) is 11.3 Å².